The van der Waals surface area contributed by atoms with Crippen LogP contribution in [0.4, 0.5) is 0 Å². The van der Waals surface area contributed by atoms with E-state index in [0.29, 0.717) is 37.4 Å². The van der Waals surface area contributed by atoms with E-state index in [9.17, 15) is 13.2 Å². The first-order chi connectivity index (χ1) is 16.4. The molecule has 1 fully saturated rings. The molecule has 8 heteroatoms. The molecule has 2 N–H and O–H groups in total. The molecule has 3 aromatic carbocycles. The summed E-state index contributed by atoms with van der Waals surface area (Å²) >= 11 is 0. The van der Waals surface area contributed by atoms with Crippen molar-refractivity contribution in [3.05, 3.63) is 90.5 Å². The summed E-state index contributed by atoms with van der Waals surface area (Å²) in [6.07, 6.45) is 0.703. The first kappa shape index (κ1) is 23.9. The Kier molecular flexibility index (Phi) is 7.31. The number of rotatable bonds is 8. The van der Waals surface area contributed by atoms with Crippen LogP contribution in [-0.4, -0.2) is 38.1 Å². The van der Waals surface area contributed by atoms with Crippen LogP contribution in [0.3, 0.4) is 0 Å². The van der Waals surface area contributed by atoms with Gasteiger partial charge in [0, 0.05) is 6.54 Å². The fourth-order valence-corrected chi connectivity index (χ4v) is 6.15. The van der Waals surface area contributed by atoms with Gasteiger partial charge < -0.3 is 9.57 Å². The molecule has 0 aromatic heterocycles. The third-order valence-electron chi connectivity index (χ3n) is 6.23. The van der Waals surface area contributed by atoms with Gasteiger partial charge in [0.1, 0.15) is 11.5 Å². The van der Waals surface area contributed by atoms with Crippen LogP contribution in [0.1, 0.15) is 18.4 Å². The average Bonchev–Trinajstić information content (AvgIpc) is 2.86. The second-order valence-corrected chi connectivity index (χ2v) is 10.6. The summed E-state index contributed by atoms with van der Waals surface area (Å²) in [4.78, 5) is 19.6. The maximum absolute atomic E-state index is 13.3. The molecule has 0 unspecified atom stereocenters. The first-order valence-corrected chi connectivity index (χ1v) is 12.8. The number of carbonyl (C=O) groups excluding carboxylic acids is 1. The normalized spacial score (nSPS) is 16.0. The third-order valence-corrected chi connectivity index (χ3v) is 8.15. The van der Waals surface area contributed by atoms with Crippen LogP contribution in [0.2, 0.25) is 0 Å². The number of carbonyl (C=O) groups is 1. The van der Waals surface area contributed by atoms with E-state index in [1.165, 1.54) is 17.7 Å². The molecular formula is C26H28N2O5S. The number of nitrogens with zero attached hydrogens (tertiary/aromatic N) is 1. The van der Waals surface area contributed by atoms with Gasteiger partial charge in [-0.05, 0) is 67.9 Å². The van der Waals surface area contributed by atoms with E-state index >= 15 is 0 Å². The maximum Gasteiger partial charge on any atom is 0.331 e. The van der Waals surface area contributed by atoms with Crippen LogP contribution in [0.15, 0.2) is 89.8 Å². The Bertz CT molecular complexity index is 1190. The van der Waals surface area contributed by atoms with Crippen LogP contribution in [0, 0.1) is 5.41 Å². The molecule has 1 aliphatic rings. The summed E-state index contributed by atoms with van der Waals surface area (Å²) in [5, 5.41) is 0. The van der Waals surface area contributed by atoms with Crippen LogP contribution in [0.25, 0.3) is 0 Å². The molecule has 178 valence electrons. The lowest BCUT2D eigenvalue weighted by atomic mass is 9.80. The van der Waals surface area contributed by atoms with E-state index in [4.69, 9.17) is 10.6 Å². The van der Waals surface area contributed by atoms with Crippen molar-refractivity contribution < 1.29 is 22.8 Å². The molecule has 34 heavy (non-hydrogen) atoms. The molecule has 0 aliphatic carbocycles. The molecule has 1 heterocycles. The summed E-state index contributed by atoms with van der Waals surface area (Å²) in [6.45, 7) is 1.89. The largest absolute Gasteiger partial charge is 0.457 e. The van der Waals surface area contributed by atoms with Crippen molar-refractivity contribution in [2.75, 3.05) is 18.8 Å². The summed E-state index contributed by atoms with van der Waals surface area (Å²) in [6, 6.07) is 25.5. The van der Waals surface area contributed by atoms with Gasteiger partial charge in [0.25, 0.3) is 0 Å². The van der Waals surface area contributed by atoms with Gasteiger partial charge in [0.2, 0.25) is 0 Å². The van der Waals surface area contributed by atoms with Gasteiger partial charge >= 0.3 is 5.97 Å². The van der Waals surface area contributed by atoms with E-state index in [0.717, 1.165) is 6.54 Å². The molecule has 0 amide bonds. The molecule has 0 atom stereocenters. The Balaban J connectivity index is 1.46. The molecule has 4 rings (SSSR count). The van der Waals surface area contributed by atoms with Crippen molar-refractivity contribution in [1.82, 2.24) is 4.90 Å². The van der Waals surface area contributed by atoms with Gasteiger partial charge in [-0.25, -0.2) is 13.2 Å². The highest BCUT2D eigenvalue weighted by atomic mass is 32.2. The Morgan fingerprint density at radius 3 is 2.00 bits per heavy atom. The minimum Gasteiger partial charge on any atom is -0.457 e. The zero-order valence-corrected chi connectivity index (χ0v) is 19.6. The fourth-order valence-electron chi connectivity index (χ4n) is 4.30. The zero-order valence-electron chi connectivity index (χ0n) is 18.8. The smallest absolute Gasteiger partial charge is 0.331 e. The summed E-state index contributed by atoms with van der Waals surface area (Å²) in [5.74, 6) is 5.37. The number of benzene rings is 3. The predicted molar refractivity (Wildman–Crippen MR) is 129 cm³/mol. The number of hydrogen-bond acceptors (Lipinski definition) is 7. The van der Waals surface area contributed by atoms with Gasteiger partial charge in [-0.2, -0.15) is 5.90 Å². The number of sulfone groups is 1. The number of piperidine rings is 1. The predicted octanol–water partition coefficient (Wildman–Crippen LogP) is 3.95. The highest BCUT2D eigenvalue weighted by Crippen LogP contribution is 2.37. The molecule has 0 saturated carbocycles. The monoisotopic (exact) mass is 480 g/mol. The van der Waals surface area contributed by atoms with Crippen molar-refractivity contribution in [3.8, 4) is 11.5 Å². The Hall–Kier alpha value is -3.20. The molecule has 3 aromatic rings. The van der Waals surface area contributed by atoms with E-state index in [1.807, 2.05) is 60.7 Å². The average molecular weight is 481 g/mol. The molecule has 0 spiro atoms. The summed E-state index contributed by atoms with van der Waals surface area (Å²) in [5.41, 5.74) is -0.0122. The SMILES string of the molecule is NOC(=O)C1(CS(=O)(=O)c2ccc(Oc3ccccc3)cc2)CCN(Cc2ccccc2)CC1. The fraction of sp³-hybridized carbons (Fsp3) is 0.269. The Morgan fingerprint density at radius 1 is 0.853 bits per heavy atom. The third kappa shape index (κ3) is 5.64. The van der Waals surface area contributed by atoms with Crippen molar-refractivity contribution in [2.24, 2.45) is 11.3 Å². The van der Waals surface area contributed by atoms with Gasteiger partial charge in [0.15, 0.2) is 9.84 Å². The molecule has 0 bridgehead atoms. The number of ether oxygens (including phenoxy) is 1. The topological polar surface area (TPSA) is 98.9 Å². The number of nitrogens with two attached hydrogens (primary N) is 1. The van der Waals surface area contributed by atoms with Crippen LogP contribution in [-0.2, 0) is 26.0 Å². The van der Waals surface area contributed by atoms with Gasteiger partial charge in [-0.3, -0.25) is 4.90 Å². The second-order valence-electron chi connectivity index (χ2n) is 8.59. The van der Waals surface area contributed by atoms with Gasteiger partial charge in [-0.1, -0.05) is 48.5 Å². The zero-order chi connectivity index (χ0) is 24.0. The first-order valence-electron chi connectivity index (χ1n) is 11.1. The summed E-state index contributed by atoms with van der Waals surface area (Å²) in [7, 11) is -3.77. The van der Waals surface area contributed by atoms with Gasteiger partial charge in [0.05, 0.1) is 16.1 Å². The van der Waals surface area contributed by atoms with Crippen molar-refractivity contribution >= 4 is 15.8 Å². The minimum atomic E-state index is -3.77. The van der Waals surface area contributed by atoms with E-state index in [-0.39, 0.29) is 10.6 Å². The standard InChI is InChI=1S/C26H28N2O5S/c27-33-25(29)26(15-17-28(18-16-26)19-21-7-3-1-4-8-21)20-34(30,31)24-13-11-23(12-14-24)32-22-9-5-2-6-10-22/h1-14H,15-20,27H2. The minimum absolute atomic E-state index is 0.129. The quantitative estimate of drug-likeness (QED) is 0.487. The van der Waals surface area contributed by atoms with Crippen LogP contribution in [0.5, 0.6) is 11.5 Å². The highest BCUT2D eigenvalue weighted by Gasteiger charge is 2.46. The number of hydrogen-bond donors (Lipinski definition) is 1. The summed E-state index contributed by atoms with van der Waals surface area (Å²) < 4.78 is 32.3. The van der Waals surface area contributed by atoms with E-state index in [2.05, 4.69) is 9.74 Å². The number of likely N-dealkylation sites (tertiary alicyclic amines) is 1. The van der Waals surface area contributed by atoms with Gasteiger partial charge in [-0.15, -0.1) is 0 Å². The van der Waals surface area contributed by atoms with Crippen LogP contribution >= 0.6 is 0 Å². The highest BCUT2D eigenvalue weighted by molar-refractivity contribution is 7.91. The molecule has 1 saturated heterocycles. The van der Waals surface area contributed by atoms with E-state index < -0.39 is 21.2 Å². The number of para-hydroxylation sites is 1. The molecular weight excluding hydrogens is 452 g/mol. The molecule has 7 nitrogen and oxygen atoms in total. The van der Waals surface area contributed by atoms with Crippen LogP contribution < -0.4 is 10.6 Å². The van der Waals surface area contributed by atoms with E-state index in [1.54, 1.807) is 12.1 Å². The lowest BCUT2D eigenvalue weighted by molar-refractivity contribution is -0.158. The second kappa shape index (κ2) is 10.4. The Labute approximate surface area is 200 Å². The lowest BCUT2D eigenvalue weighted by Gasteiger charge is -2.39. The van der Waals surface area contributed by atoms with Crippen molar-refractivity contribution in [2.45, 2.75) is 24.3 Å². The Morgan fingerprint density at radius 2 is 1.41 bits per heavy atom. The molecule has 0 radical (unpaired) electrons. The van der Waals surface area contributed by atoms with Crippen molar-refractivity contribution in [1.29, 1.82) is 0 Å². The van der Waals surface area contributed by atoms with Crippen molar-refractivity contribution in [3.63, 3.8) is 0 Å². The molecule has 1 aliphatic heterocycles. The lowest BCUT2D eigenvalue weighted by Crippen LogP contribution is -2.49. The maximum atomic E-state index is 13.3.